The first kappa shape index (κ1) is 36.3. The van der Waals surface area contributed by atoms with E-state index >= 15 is 0 Å². The predicted molar refractivity (Wildman–Crippen MR) is 162 cm³/mol. The number of carbonyl (C=O) groups is 2. The number of rotatable bonds is 21. The van der Waals surface area contributed by atoms with Gasteiger partial charge in [-0.05, 0) is 55.9 Å². The summed E-state index contributed by atoms with van der Waals surface area (Å²) >= 11 is 0. The maximum Gasteiger partial charge on any atom is 0.328 e. The molecule has 9 heteroatoms. The smallest absolute Gasteiger partial charge is 0.328 e. The molecule has 0 aliphatic carbocycles. The van der Waals surface area contributed by atoms with E-state index in [4.69, 9.17) is 4.52 Å². The lowest BCUT2D eigenvalue weighted by molar-refractivity contribution is -0.131. The minimum Gasteiger partial charge on any atom is -0.391 e. The van der Waals surface area contributed by atoms with Crippen LogP contribution in [0.4, 0.5) is 0 Å². The topological polar surface area (TPSA) is 125 Å². The lowest BCUT2D eigenvalue weighted by Gasteiger charge is -2.31. The van der Waals surface area contributed by atoms with Crippen LogP contribution in [0.25, 0.3) is 0 Å². The Labute approximate surface area is 242 Å². The van der Waals surface area contributed by atoms with Gasteiger partial charge in [-0.3, -0.25) is 18.7 Å². The summed E-state index contributed by atoms with van der Waals surface area (Å²) in [7, 11) is -4.01. The normalized spacial score (nSPS) is 16.2. The van der Waals surface area contributed by atoms with E-state index in [1.165, 1.54) is 0 Å². The van der Waals surface area contributed by atoms with E-state index in [2.05, 4.69) is 17.6 Å². The van der Waals surface area contributed by atoms with Gasteiger partial charge in [0.15, 0.2) is 0 Å². The fourth-order valence-electron chi connectivity index (χ4n) is 4.72. The molecule has 1 rings (SSSR count). The van der Waals surface area contributed by atoms with Crippen LogP contribution < -0.4 is 10.6 Å². The molecule has 0 aliphatic rings. The summed E-state index contributed by atoms with van der Waals surface area (Å²) < 4.78 is 18.5. The molecule has 1 aromatic rings. The monoisotopic (exact) mass is 582 g/mol. The Morgan fingerprint density at radius 2 is 1.60 bits per heavy atom. The summed E-state index contributed by atoms with van der Waals surface area (Å²) in [5.74, 6) is -0.786. The number of aryl methyl sites for hydroxylation is 1. The summed E-state index contributed by atoms with van der Waals surface area (Å²) in [4.78, 5) is 36.8. The van der Waals surface area contributed by atoms with Crippen LogP contribution in [0.1, 0.15) is 98.5 Å². The Morgan fingerprint density at radius 3 is 2.17 bits per heavy atom. The molecule has 5 atom stereocenters. The van der Waals surface area contributed by atoms with E-state index in [-0.39, 0.29) is 30.3 Å². The largest absolute Gasteiger partial charge is 0.391 e. The Morgan fingerprint density at radius 1 is 0.950 bits per heavy atom. The second-order valence-corrected chi connectivity index (χ2v) is 13.7. The van der Waals surface area contributed by atoms with Crippen LogP contribution in [-0.2, 0) is 25.1 Å². The number of aliphatic hydroxyl groups excluding tert-OH is 1. The van der Waals surface area contributed by atoms with Crippen molar-refractivity contribution in [3.05, 3.63) is 35.9 Å². The molecule has 0 heterocycles. The van der Waals surface area contributed by atoms with Gasteiger partial charge in [0, 0.05) is 12.5 Å². The van der Waals surface area contributed by atoms with Gasteiger partial charge in [0.2, 0.25) is 11.8 Å². The summed E-state index contributed by atoms with van der Waals surface area (Å²) in [6.45, 7) is 12.6. The number of aliphatic hydroxyl groups is 1. The number of amides is 2. The van der Waals surface area contributed by atoms with Crippen molar-refractivity contribution in [2.75, 3.05) is 12.7 Å². The van der Waals surface area contributed by atoms with Crippen LogP contribution in [-0.4, -0.2) is 52.8 Å². The molecular formula is C31H55N2O6P. The fourth-order valence-corrected chi connectivity index (χ4v) is 5.98. The molecule has 0 saturated carbocycles. The lowest BCUT2D eigenvalue weighted by atomic mass is 9.85. The van der Waals surface area contributed by atoms with E-state index < -0.39 is 37.7 Å². The molecule has 0 bridgehead atoms. The van der Waals surface area contributed by atoms with Crippen molar-refractivity contribution in [2.45, 2.75) is 118 Å². The third-order valence-corrected chi connectivity index (χ3v) is 8.60. The molecule has 2 amide bonds. The van der Waals surface area contributed by atoms with E-state index in [1.807, 2.05) is 65.0 Å². The number of hydrogen-bond donors (Lipinski definition) is 4. The van der Waals surface area contributed by atoms with E-state index in [0.29, 0.717) is 38.6 Å². The standard InChI is InChI=1S/C31H55N2O6P/c1-7-9-18-29(39-40(37,38)20-14-17-25-15-12-11-13-16-25)31(36)33-27(21-23(3)4)28(34)22-26(24(5)6)30(35)32-19-10-8-2/h11-13,15-16,23-24,26-29,34H,7-10,14,17-22H2,1-6H3,(H,32,35)(H,33,36)(H,37,38)/t26-,27-,28-,29+/m0/s1. The molecule has 0 saturated heterocycles. The van der Waals surface area contributed by atoms with Crippen molar-refractivity contribution in [3.63, 3.8) is 0 Å². The molecule has 1 aromatic carbocycles. The highest BCUT2D eigenvalue weighted by molar-refractivity contribution is 7.52. The Kier molecular flexibility index (Phi) is 17.6. The first-order valence-electron chi connectivity index (χ1n) is 15.2. The first-order valence-corrected chi connectivity index (χ1v) is 17.0. The zero-order valence-electron chi connectivity index (χ0n) is 25.6. The molecule has 4 N–H and O–H groups in total. The molecule has 0 fully saturated rings. The van der Waals surface area contributed by atoms with Gasteiger partial charge in [-0.1, -0.05) is 91.1 Å². The van der Waals surface area contributed by atoms with Crippen molar-refractivity contribution in [1.29, 1.82) is 0 Å². The first-order chi connectivity index (χ1) is 18.9. The van der Waals surface area contributed by atoms with E-state index in [0.717, 1.165) is 24.8 Å². The maximum atomic E-state index is 13.4. The molecule has 40 heavy (non-hydrogen) atoms. The number of hydrogen-bond acceptors (Lipinski definition) is 5. The van der Waals surface area contributed by atoms with Gasteiger partial charge in [-0.15, -0.1) is 0 Å². The highest BCUT2D eigenvalue weighted by Gasteiger charge is 2.34. The number of nitrogens with one attached hydrogen (secondary N) is 2. The van der Waals surface area contributed by atoms with Crippen molar-refractivity contribution < 1.29 is 28.7 Å². The molecule has 1 unspecified atom stereocenters. The van der Waals surface area contributed by atoms with Crippen LogP contribution in [0.5, 0.6) is 0 Å². The van der Waals surface area contributed by atoms with Gasteiger partial charge >= 0.3 is 7.60 Å². The molecule has 230 valence electrons. The van der Waals surface area contributed by atoms with Crippen LogP contribution in [0.15, 0.2) is 30.3 Å². The van der Waals surface area contributed by atoms with E-state index in [9.17, 15) is 24.2 Å². The van der Waals surface area contributed by atoms with Crippen molar-refractivity contribution in [1.82, 2.24) is 10.6 Å². The second-order valence-electron chi connectivity index (χ2n) is 11.7. The van der Waals surface area contributed by atoms with Crippen molar-refractivity contribution >= 4 is 19.4 Å². The molecule has 0 aliphatic heterocycles. The zero-order chi connectivity index (χ0) is 30.1. The van der Waals surface area contributed by atoms with Gasteiger partial charge in [0.1, 0.15) is 6.10 Å². The summed E-state index contributed by atoms with van der Waals surface area (Å²) in [5, 5.41) is 17.1. The fraction of sp³-hybridized carbons (Fsp3) is 0.742. The molecule has 0 aromatic heterocycles. The third-order valence-electron chi connectivity index (χ3n) is 7.14. The zero-order valence-corrected chi connectivity index (χ0v) is 26.5. The average Bonchev–Trinajstić information content (AvgIpc) is 2.89. The quantitative estimate of drug-likeness (QED) is 0.106. The number of carbonyl (C=O) groups excluding carboxylic acids is 2. The molecule has 0 radical (unpaired) electrons. The lowest BCUT2D eigenvalue weighted by Crippen LogP contribution is -2.50. The van der Waals surface area contributed by atoms with Crippen LogP contribution >= 0.6 is 7.60 Å². The van der Waals surface area contributed by atoms with Gasteiger partial charge < -0.3 is 20.6 Å². The molecule has 0 spiro atoms. The third kappa shape index (κ3) is 14.8. The van der Waals surface area contributed by atoms with Crippen LogP contribution in [0.2, 0.25) is 0 Å². The summed E-state index contributed by atoms with van der Waals surface area (Å²) in [6.07, 6.45) is 3.39. The van der Waals surface area contributed by atoms with Crippen molar-refractivity contribution in [3.8, 4) is 0 Å². The van der Waals surface area contributed by atoms with E-state index in [1.54, 1.807) is 0 Å². The number of unbranched alkanes of at least 4 members (excludes halogenated alkanes) is 2. The van der Waals surface area contributed by atoms with Gasteiger partial charge in [0.25, 0.3) is 0 Å². The van der Waals surface area contributed by atoms with Crippen LogP contribution in [0, 0.1) is 17.8 Å². The Balaban J connectivity index is 2.92. The minimum atomic E-state index is -4.01. The molecule has 8 nitrogen and oxygen atoms in total. The van der Waals surface area contributed by atoms with Gasteiger partial charge in [-0.2, -0.15) is 0 Å². The highest BCUT2D eigenvalue weighted by atomic mass is 31.2. The summed E-state index contributed by atoms with van der Waals surface area (Å²) in [5.41, 5.74) is 1.08. The van der Waals surface area contributed by atoms with Gasteiger partial charge in [-0.25, -0.2) is 0 Å². The Hall–Kier alpha value is -1.73. The van der Waals surface area contributed by atoms with Crippen LogP contribution in [0.3, 0.4) is 0 Å². The molecular weight excluding hydrogens is 527 g/mol. The van der Waals surface area contributed by atoms with Crippen molar-refractivity contribution in [2.24, 2.45) is 17.8 Å². The minimum absolute atomic E-state index is 0.0171. The van der Waals surface area contributed by atoms with Gasteiger partial charge in [0.05, 0.1) is 18.3 Å². The Bertz CT molecular complexity index is 895. The maximum absolute atomic E-state index is 13.4. The SMILES string of the molecule is CCCCNC(=O)[C@@H](C[C@H](O)[C@H](CC(C)C)NC(=O)[C@@H](CCCC)OP(=O)(O)CCCc1ccccc1)C(C)C. The summed E-state index contributed by atoms with van der Waals surface area (Å²) in [6, 6.07) is 9.12. The highest BCUT2D eigenvalue weighted by Crippen LogP contribution is 2.45. The average molecular weight is 583 g/mol. The second kappa shape index (κ2) is 19.4. The predicted octanol–water partition coefficient (Wildman–Crippen LogP) is 5.85. The number of benzene rings is 1.